The summed E-state index contributed by atoms with van der Waals surface area (Å²) in [5, 5.41) is 3.35. The van der Waals surface area contributed by atoms with Crippen LogP contribution in [-0.4, -0.2) is 44.3 Å². The van der Waals surface area contributed by atoms with Crippen LogP contribution in [0, 0.1) is 26.7 Å². The number of rotatable bonds is 11. The summed E-state index contributed by atoms with van der Waals surface area (Å²) in [6.07, 6.45) is 0. The van der Waals surface area contributed by atoms with Crippen molar-refractivity contribution in [3.8, 4) is 0 Å². The van der Waals surface area contributed by atoms with Gasteiger partial charge in [0.2, 0.25) is 11.8 Å². The minimum absolute atomic E-state index is 0.0632. The molecule has 0 saturated heterocycles. The highest BCUT2D eigenvalue weighted by molar-refractivity contribution is 7.92. The molecule has 7 nitrogen and oxygen atoms in total. The van der Waals surface area contributed by atoms with Gasteiger partial charge in [0.1, 0.15) is 12.6 Å². The summed E-state index contributed by atoms with van der Waals surface area (Å²) in [7, 11) is -4.14. The summed E-state index contributed by atoms with van der Waals surface area (Å²) in [5.41, 5.74) is 3.71. The Balaban J connectivity index is 2.05. The molecule has 3 aromatic rings. The number of aryl methyl sites for hydroxylation is 3. The number of benzene rings is 3. The van der Waals surface area contributed by atoms with E-state index in [9.17, 15) is 18.0 Å². The number of carbonyl (C=O) groups excluding carboxylic acids is 2. The topological polar surface area (TPSA) is 86.8 Å². The molecular weight excluding hydrogens is 546 g/mol. The van der Waals surface area contributed by atoms with Gasteiger partial charge in [0, 0.05) is 18.1 Å². The van der Waals surface area contributed by atoms with Crippen molar-refractivity contribution in [2.45, 2.75) is 59.0 Å². The molecule has 2 amide bonds. The van der Waals surface area contributed by atoms with Crippen LogP contribution in [0.15, 0.2) is 71.6 Å². The highest BCUT2D eigenvalue weighted by Gasteiger charge is 2.33. The van der Waals surface area contributed by atoms with Gasteiger partial charge in [-0.3, -0.25) is 13.9 Å². The van der Waals surface area contributed by atoms with Gasteiger partial charge in [-0.1, -0.05) is 73.0 Å². The molecule has 0 unspecified atom stereocenters. The van der Waals surface area contributed by atoms with E-state index >= 15 is 0 Å². The van der Waals surface area contributed by atoms with Crippen LogP contribution in [-0.2, 0) is 26.2 Å². The predicted molar refractivity (Wildman–Crippen MR) is 161 cm³/mol. The number of amides is 2. The fraction of sp³-hybridized carbons (Fsp3) is 0.355. The standard InChI is InChI=1S/C31H38ClN3O4S/c1-21(2)18-33-31(37)25(6)34(19-26-9-7-8-23(4)16-26)30(36)20-35(29-15-12-27(32)17-24(29)5)40(38,39)28-13-10-22(3)11-14-28/h7-17,21,25H,18-20H2,1-6H3,(H,33,37)/t25-/m0/s1. The average Bonchev–Trinajstić information content (AvgIpc) is 2.89. The number of nitrogens with zero attached hydrogens (tertiary/aromatic N) is 2. The molecule has 0 aliphatic rings. The summed E-state index contributed by atoms with van der Waals surface area (Å²) < 4.78 is 29.0. The van der Waals surface area contributed by atoms with Gasteiger partial charge >= 0.3 is 0 Å². The lowest BCUT2D eigenvalue weighted by Crippen LogP contribution is -2.51. The number of halogens is 1. The summed E-state index contributed by atoms with van der Waals surface area (Å²) in [5.74, 6) is -0.566. The van der Waals surface area contributed by atoms with Crippen LogP contribution in [0.25, 0.3) is 0 Å². The molecule has 0 aromatic heterocycles. The first-order valence-corrected chi connectivity index (χ1v) is 15.1. The fourth-order valence-corrected chi connectivity index (χ4v) is 6.00. The first-order valence-electron chi connectivity index (χ1n) is 13.3. The Morgan fingerprint density at radius 3 is 2.17 bits per heavy atom. The van der Waals surface area contributed by atoms with Crippen LogP contribution in [0.2, 0.25) is 5.02 Å². The molecule has 1 atom stereocenters. The Labute approximate surface area is 243 Å². The number of hydrogen-bond acceptors (Lipinski definition) is 4. The van der Waals surface area contributed by atoms with E-state index in [-0.39, 0.29) is 23.3 Å². The zero-order chi connectivity index (χ0) is 29.6. The Morgan fingerprint density at radius 1 is 0.900 bits per heavy atom. The Kier molecular flexibility index (Phi) is 10.4. The van der Waals surface area contributed by atoms with Crippen molar-refractivity contribution < 1.29 is 18.0 Å². The number of anilines is 1. The SMILES string of the molecule is Cc1ccc(S(=O)(=O)N(CC(=O)N(Cc2cccc(C)c2)[C@@H](C)C(=O)NCC(C)C)c2ccc(Cl)cc2C)cc1. The van der Waals surface area contributed by atoms with Crippen molar-refractivity contribution in [3.05, 3.63) is 94.0 Å². The summed E-state index contributed by atoms with van der Waals surface area (Å²) >= 11 is 6.17. The van der Waals surface area contributed by atoms with E-state index in [0.717, 1.165) is 21.0 Å². The molecule has 0 bridgehead atoms. The number of carbonyl (C=O) groups is 2. The van der Waals surface area contributed by atoms with Gasteiger partial charge in [0.15, 0.2) is 0 Å². The van der Waals surface area contributed by atoms with Crippen LogP contribution in [0.3, 0.4) is 0 Å². The quantitative estimate of drug-likeness (QED) is 0.316. The number of nitrogens with one attached hydrogen (secondary N) is 1. The lowest BCUT2D eigenvalue weighted by molar-refractivity contribution is -0.139. The molecule has 0 radical (unpaired) electrons. The fourth-order valence-electron chi connectivity index (χ4n) is 4.29. The maximum absolute atomic E-state index is 14.0. The second-order valence-corrected chi connectivity index (χ2v) is 12.9. The molecule has 0 aliphatic heterocycles. The zero-order valence-corrected chi connectivity index (χ0v) is 25.5. The highest BCUT2D eigenvalue weighted by atomic mass is 35.5. The van der Waals surface area contributed by atoms with E-state index in [4.69, 9.17) is 11.6 Å². The summed E-state index contributed by atoms with van der Waals surface area (Å²) in [6.45, 7) is 11.3. The maximum atomic E-state index is 14.0. The number of hydrogen-bond donors (Lipinski definition) is 1. The predicted octanol–water partition coefficient (Wildman–Crippen LogP) is 5.65. The van der Waals surface area contributed by atoms with Crippen molar-refractivity contribution in [2.24, 2.45) is 5.92 Å². The second-order valence-electron chi connectivity index (χ2n) is 10.6. The van der Waals surface area contributed by atoms with E-state index in [1.54, 1.807) is 44.2 Å². The van der Waals surface area contributed by atoms with Gasteiger partial charge in [-0.2, -0.15) is 0 Å². The van der Waals surface area contributed by atoms with Gasteiger partial charge in [0.05, 0.1) is 10.6 Å². The Morgan fingerprint density at radius 2 is 1.57 bits per heavy atom. The van der Waals surface area contributed by atoms with Gasteiger partial charge in [0.25, 0.3) is 10.0 Å². The van der Waals surface area contributed by atoms with Gasteiger partial charge in [-0.05, 0) is 75.1 Å². The van der Waals surface area contributed by atoms with Crippen molar-refractivity contribution >= 4 is 39.1 Å². The van der Waals surface area contributed by atoms with Crippen LogP contribution in [0.4, 0.5) is 5.69 Å². The smallest absolute Gasteiger partial charge is 0.264 e. The van der Waals surface area contributed by atoms with Crippen molar-refractivity contribution in [1.29, 1.82) is 0 Å². The van der Waals surface area contributed by atoms with Gasteiger partial charge in [-0.25, -0.2) is 8.42 Å². The number of sulfonamides is 1. The third kappa shape index (κ3) is 7.86. The maximum Gasteiger partial charge on any atom is 0.264 e. The third-order valence-corrected chi connectivity index (χ3v) is 8.61. The van der Waals surface area contributed by atoms with Crippen LogP contribution >= 0.6 is 11.6 Å². The molecule has 214 valence electrons. The minimum Gasteiger partial charge on any atom is -0.354 e. The van der Waals surface area contributed by atoms with Crippen molar-refractivity contribution in [2.75, 3.05) is 17.4 Å². The molecule has 0 spiro atoms. The summed E-state index contributed by atoms with van der Waals surface area (Å²) in [6, 6.07) is 18.2. The molecule has 9 heteroatoms. The van der Waals surface area contributed by atoms with Gasteiger partial charge in [-0.15, -0.1) is 0 Å². The largest absolute Gasteiger partial charge is 0.354 e. The zero-order valence-electron chi connectivity index (χ0n) is 23.9. The molecular formula is C31H38ClN3O4S. The monoisotopic (exact) mass is 583 g/mol. The van der Waals surface area contributed by atoms with Crippen molar-refractivity contribution in [1.82, 2.24) is 10.2 Å². The molecule has 1 N–H and O–H groups in total. The lowest BCUT2D eigenvalue weighted by Gasteiger charge is -2.32. The molecule has 0 fully saturated rings. The molecule has 0 heterocycles. The molecule has 40 heavy (non-hydrogen) atoms. The summed E-state index contributed by atoms with van der Waals surface area (Å²) in [4.78, 5) is 28.6. The first-order chi connectivity index (χ1) is 18.8. The van der Waals surface area contributed by atoms with E-state index in [1.807, 2.05) is 52.0 Å². The van der Waals surface area contributed by atoms with E-state index in [1.165, 1.54) is 17.0 Å². The molecule has 3 rings (SSSR count). The second kappa shape index (κ2) is 13.3. The Hall–Kier alpha value is -3.36. The van der Waals surface area contributed by atoms with E-state index in [0.29, 0.717) is 22.8 Å². The van der Waals surface area contributed by atoms with E-state index in [2.05, 4.69) is 5.32 Å². The van der Waals surface area contributed by atoms with Crippen LogP contribution in [0.5, 0.6) is 0 Å². The molecule has 3 aromatic carbocycles. The van der Waals surface area contributed by atoms with Crippen LogP contribution in [0.1, 0.15) is 43.0 Å². The van der Waals surface area contributed by atoms with E-state index < -0.39 is 28.5 Å². The minimum atomic E-state index is -4.14. The normalized spacial score (nSPS) is 12.2. The van der Waals surface area contributed by atoms with Crippen LogP contribution < -0.4 is 9.62 Å². The Bertz CT molecular complexity index is 1460. The third-order valence-electron chi connectivity index (χ3n) is 6.60. The first kappa shape index (κ1) is 31.2. The highest BCUT2D eigenvalue weighted by Crippen LogP contribution is 2.29. The molecule has 0 saturated carbocycles. The van der Waals surface area contributed by atoms with Crippen molar-refractivity contribution in [3.63, 3.8) is 0 Å². The lowest BCUT2D eigenvalue weighted by atomic mass is 10.1. The molecule has 0 aliphatic carbocycles. The van der Waals surface area contributed by atoms with Gasteiger partial charge < -0.3 is 10.2 Å². The average molecular weight is 584 g/mol.